The van der Waals surface area contributed by atoms with Crippen molar-refractivity contribution >= 4 is 23.2 Å². The molecule has 19 heavy (non-hydrogen) atoms. The monoisotopic (exact) mass is 284 g/mol. The number of likely N-dealkylation sites (N-methyl/N-ethyl adjacent to an activating group) is 1. The van der Waals surface area contributed by atoms with Gasteiger partial charge in [-0.15, -0.1) is 11.3 Å². The molecule has 6 heteroatoms. The highest BCUT2D eigenvalue weighted by Crippen LogP contribution is 2.07. The van der Waals surface area contributed by atoms with Crippen LogP contribution in [0.3, 0.4) is 0 Å². The van der Waals surface area contributed by atoms with Crippen molar-refractivity contribution in [1.29, 1.82) is 0 Å². The van der Waals surface area contributed by atoms with Crippen LogP contribution in [0.2, 0.25) is 0 Å². The minimum absolute atomic E-state index is 0.0419. The molecule has 0 saturated heterocycles. The van der Waals surface area contributed by atoms with Crippen molar-refractivity contribution in [1.82, 2.24) is 10.2 Å². The van der Waals surface area contributed by atoms with E-state index in [1.807, 2.05) is 24.6 Å². The number of esters is 1. The SMILES string of the molecule is CCOC(=O)CCN(C)CC(=O)NCc1cccs1. The minimum atomic E-state index is -0.228. The summed E-state index contributed by atoms with van der Waals surface area (Å²) in [5, 5.41) is 4.82. The lowest BCUT2D eigenvalue weighted by molar-refractivity contribution is -0.143. The number of rotatable bonds is 8. The zero-order valence-electron chi connectivity index (χ0n) is 11.3. The summed E-state index contributed by atoms with van der Waals surface area (Å²) >= 11 is 1.61. The fourth-order valence-electron chi connectivity index (χ4n) is 1.49. The molecule has 0 atom stereocenters. The Balaban J connectivity index is 2.15. The second-order valence-electron chi connectivity index (χ2n) is 4.15. The number of nitrogens with one attached hydrogen (secondary N) is 1. The van der Waals surface area contributed by atoms with E-state index in [1.54, 1.807) is 23.2 Å². The number of nitrogens with zero attached hydrogens (tertiary/aromatic N) is 1. The highest BCUT2D eigenvalue weighted by Gasteiger charge is 2.09. The van der Waals surface area contributed by atoms with Crippen LogP contribution < -0.4 is 5.32 Å². The van der Waals surface area contributed by atoms with Gasteiger partial charge in [-0.2, -0.15) is 0 Å². The Bertz CT molecular complexity index is 393. The Morgan fingerprint density at radius 2 is 2.26 bits per heavy atom. The first-order valence-electron chi connectivity index (χ1n) is 6.25. The van der Waals surface area contributed by atoms with Gasteiger partial charge in [0.2, 0.25) is 5.91 Å². The van der Waals surface area contributed by atoms with Gasteiger partial charge in [-0.05, 0) is 25.4 Å². The van der Waals surface area contributed by atoms with Crippen molar-refractivity contribution in [3.63, 3.8) is 0 Å². The molecule has 1 heterocycles. The molecule has 0 bridgehead atoms. The maximum absolute atomic E-state index is 11.7. The van der Waals surface area contributed by atoms with Crippen LogP contribution in [0.15, 0.2) is 17.5 Å². The molecule has 1 aromatic heterocycles. The number of carbonyl (C=O) groups excluding carboxylic acids is 2. The molecular weight excluding hydrogens is 264 g/mol. The van der Waals surface area contributed by atoms with Crippen molar-refractivity contribution in [2.45, 2.75) is 19.9 Å². The maximum atomic E-state index is 11.7. The van der Waals surface area contributed by atoms with Gasteiger partial charge in [-0.25, -0.2) is 0 Å². The molecule has 106 valence electrons. The molecule has 0 aliphatic heterocycles. The Labute approximate surface area is 117 Å². The number of hydrogen-bond acceptors (Lipinski definition) is 5. The van der Waals surface area contributed by atoms with Crippen molar-refractivity contribution in [3.8, 4) is 0 Å². The lowest BCUT2D eigenvalue weighted by atomic mass is 10.4. The largest absolute Gasteiger partial charge is 0.466 e. The maximum Gasteiger partial charge on any atom is 0.307 e. The molecule has 0 unspecified atom stereocenters. The summed E-state index contributed by atoms with van der Waals surface area (Å²) in [5.74, 6) is -0.270. The second kappa shape index (κ2) is 8.66. The second-order valence-corrected chi connectivity index (χ2v) is 5.18. The number of ether oxygens (including phenoxy) is 1. The molecule has 1 amide bonds. The third-order valence-corrected chi connectivity index (χ3v) is 3.33. The molecule has 0 aromatic carbocycles. The third-order valence-electron chi connectivity index (χ3n) is 2.46. The van der Waals surface area contributed by atoms with E-state index in [4.69, 9.17) is 4.74 Å². The van der Waals surface area contributed by atoms with E-state index in [2.05, 4.69) is 5.32 Å². The minimum Gasteiger partial charge on any atom is -0.466 e. The van der Waals surface area contributed by atoms with E-state index in [0.29, 0.717) is 26.1 Å². The van der Waals surface area contributed by atoms with Crippen LogP contribution in [0.4, 0.5) is 0 Å². The quantitative estimate of drug-likeness (QED) is 0.730. The summed E-state index contributed by atoms with van der Waals surface area (Å²) in [4.78, 5) is 25.8. The summed E-state index contributed by atoms with van der Waals surface area (Å²) in [6.45, 7) is 3.53. The van der Waals surface area contributed by atoms with Gasteiger partial charge in [0.25, 0.3) is 0 Å². The fourth-order valence-corrected chi connectivity index (χ4v) is 2.14. The molecule has 0 radical (unpaired) electrons. The van der Waals surface area contributed by atoms with E-state index in [-0.39, 0.29) is 18.4 Å². The number of hydrogen-bond donors (Lipinski definition) is 1. The van der Waals surface area contributed by atoms with Gasteiger partial charge < -0.3 is 10.1 Å². The third kappa shape index (κ3) is 6.93. The van der Waals surface area contributed by atoms with Gasteiger partial charge in [-0.3, -0.25) is 14.5 Å². The van der Waals surface area contributed by atoms with Gasteiger partial charge in [0.15, 0.2) is 0 Å². The molecular formula is C13H20N2O3S. The molecule has 0 saturated carbocycles. The fraction of sp³-hybridized carbons (Fsp3) is 0.538. The molecule has 0 fully saturated rings. The van der Waals surface area contributed by atoms with Crippen LogP contribution >= 0.6 is 11.3 Å². The zero-order valence-corrected chi connectivity index (χ0v) is 12.2. The summed E-state index contributed by atoms with van der Waals surface area (Å²) in [6.07, 6.45) is 0.308. The average molecular weight is 284 g/mol. The normalized spacial score (nSPS) is 10.5. The topological polar surface area (TPSA) is 58.6 Å². The molecule has 1 N–H and O–H groups in total. The zero-order chi connectivity index (χ0) is 14.1. The molecule has 0 spiro atoms. The highest BCUT2D eigenvalue weighted by atomic mass is 32.1. The van der Waals surface area contributed by atoms with Crippen LogP contribution in [0.25, 0.3) is 0 Å². The summed E-state index contributed by atoms with van der Waals surface area (Å²) in [5.41, 5.74) is 0. The standard InChI is InChI=1S/C13H20N2O3S/c1-3-18-13(17)6-7-15(2)10-12(16)14-9-11-5-4-8-19-11/h4-5,8H,3,6-7,9-10H2,1-2H3,(H,14,16). The molecule has 0 aliphatic rings. The average Bonchev–Trinajstić information content (AvgIpc) is 2.87. The number of carbonyl (C=O) groups is 2. The summed E-state index contributed by atoms with van der Waals surface area (Å²) < 4.78 is 4.83. The molecule has 1 aromatic rings. The number of amides is 1. The van der Waals surface area contributed by atoms with Crippen molar-refractivity contribution in [2.24, 2.45) is 0 Å². The lowest BCUT2D eigenvalue weighted by Crippen LogP contribution is -2.35. The van der Waals surface area contributed by atoms with Crippen molar-refractivity contribution in [3.05, 3.63) is 22.4 Å². The summed E-state index contributed by atoms with van der Waals surface area (Å²) in [7, 11) is 1.81. The van der Waals surface area contributed by atoms with Gasteiger partial charge >= 0.3 is 5.97 Å². The van der Waals surface area contributed by atoms with Gasteiger partial charge in [-0.1, -0.05) is 6.07 Å². The van der Waals surface area contributed by atoms with Crippen LogP contribution in [0.1, 0.15) is 18.2 Å². The predicted octanol–water partition coefficient (Wildman–Crippen LogP) is 1.25. The van der Waals surface area contributed by atoms with Gasteiger partial charge in [0.05, 0.1) is 26.1 Å². The van der Waals surface area contributed by atoms with Crippen LogP contribution in [0.5, 0.6) is 0 Å². The first kappa shape index (κ1) is 15.7. The molecule has 1 rings (SSSR count). The van der Waals surface area contributed by atoms with E-state index < -0.39 is 0 Å². The Kier molecular flexibility index (Phi) is 7.14. The predicted molar refractivity (Wildman–Crippen MR) is 74.9 cm³/mol. The highest BCUT2D eigenvalue weighted by molar-refractivity contribution is 7.09. The van der Waals surface area contributed by atoms with E-state index >= 15 is 0 Å². The molecule has 0 aliphatic carbocycles. The lowest BCUT2D eigenvalue weighted by Gasteiger charge is -2.15. The van der Waals surface area contributed by atoms with Crippen LogP contribution in [0, 0.1) is 0 Å². The summed E-state index contributed by atoms with van der Waals surface area (Å²) in [6, 6.07) is 3.94. The molecule has 5 nitrogen and oxygen atoms in total. The van der Waals surface area contributed by atoms with Crippen LogP contribution in [-0.4, -0.2) is 43.5 Å². The Morgan fingerprint density at radius 1 is 1.47 bits per heavy atom. The Morgan fingerprint density at radius 3 is 2.89 bits per heavy atom. The smallest absolute Gasteiger partial charge is 0.307 e. The van der Waals surface area contributed by atoms with Crippen molar-refractivity contribution < 1.29 is 14.3 Å². The first-order chi connectivity index (χ1) is 9.11. The van der Waals surface area contributed by atoms with Gasteiger partial charge in [0, 0.05) is 11.4 Å². The Hall–Kier alpha value is -1.40. The van der Waals surface area contributed by atoms with Crippen LogP contribution in [-0.2, 0) is 20.9 Å². The van der Waals surface area contributed by atoms with Gasteiger partial charge in [0.1, 0.15) is 0 Å². The first-order valence-corrected chi connectivity index (χ1v) is 7.13. The van der Waals surface area contributed by atoms with E-state index in [0.717, 1.165) is 4.88 Å². The van der Waals surface area contributed by atoms with E-state index in [9.17, 15) is 9.59 Å². The number of thiophene rings is 1. The van der Waals surface area contributed by atoms with Crippen molar-refractivity contribution in [2.75, 3.05) is 26.7 Å². The van der Waals surface area contributed by atoms with E-state index in [1.165, 1.54) is 0 Å².